The van der Waals surface area contributed by atoms with Crippen molar-refractivity contribution < 1.29 is 17.9 Å². The molecule has 0 radical (unpaired) electrons. The maximum atomic E-state index is 14.2. The van der Waals surface area contributed by atoms with E-state index in [9.17, 15) is 8.42 Å². The van der Waals surface area contributed by atoms with Crippen LogP contribution in [0.1, 0.15) is 29.8 Å². The Kier molecular flexibility index (Phi) is 7.33. The number of thiazole rings is 1. The van der Waals surface area contributed by atoms with Gasteiger partial charge in [0.15, 0.2) is 5.65 Å². The van der Waals surface area contributed by atoms with Gasteiger partial charge in [0.1, 0.15) is 17.4 Å². The third kappa shape index (κ3) is 4.81. The van der Waals surface area contributed by atoms with Gasteiger partial charge < -0.3 is 9.47 Å². The summed E-state index contributed by atoms with van der Waals surface area (Å²) in [5, 5.41) is 6.22. The van der Waals surface area contributed by atoms with Crippen LogP contribution in [0.2, 0.25) is 5.02 Å². The van der Waals surface area contributed by atoms with Crippen molar-refractivity contribution in [2.24, 2.45) is 0 Å². The van der Waals surface area contributed by atoms with Crippen LogP contribution in [0.5, 0.6) is 0 Å². The van der Waals surface area contributed by atoms with E-state index in [0.29, 0.717) is 33.8 Å². The zero-order valence-corrected chi connectivity index (χ0v) is 25.0. The van der Waals surface area contributed by atoms with Crippen LogP contribution in [-0.4, -0.2) is 46.0 Å². The van der Waals surface area contributed by atoms with E-state index in [0.717, 1.165) is 34.7 Å². The lowest BCUT2D eigenvalue weighted by Gasteiger charge is -2.39. The normalized spacial score (nSPS) is 14.8. The highest BCUT2D eigenvalue weighted by Gasteiger charge is 2.43. The molecule has 0 spiro atoms. The minimum Gasteiger partial charge on any atom is -0.359 e. The topological polar surface area (TPSA) is 101 Å². The van der Waals surface area contributed by atoms with E-state index in [4.69, 9.17) is 26.1 Å². The zero-order valence-electron chi connectivity index (χ0n) is 22.6. The second kappa shape index (κ2) is 10.8. The van der Waals surface area contributed by atoms with Crippen LogP contribution in [-0.2, 0) is 31.6 Å². The van der Waals surface area contributed by atoms with Gasteiger partial charge in [-0.1, -0.05) is 35.4 Å². The molecule has 0 unspecified atom stereocenters. The molecule has 1 aliphatic rings. The van der Waals surface area contributed by atoms with Gasteiger partial charge in [0, 0.05) is 42.2 Å². The number of methoxy groups -OCH3 is 1. The molecule has 1 fully saturated rings. The number of aromatic nitrogens is 5. The highest BCUT2D eigenvalue weighted by Crippen LogP contribution is 2.49. The summed E-state index contributed by atoms with van der Waals surface area (Å²) < 4.78 is 42.5. The number of benzene rings is 1. The highest BCUT2D eigenvalue weighted by molar-refractivity contribution is 7.90. The van der Waals surface area contributed by atoms with Crippen LogP contribution in [0.25, 0.3) is 32.7 Å². The van der Waals surface area contributed by atoms with Crippen molar-refractivity contribution in [3.05, 3.63) is 83.4 Å². The SMILES string of the molecule is C=CCn1cc(-c2cc3c(-c4cnc(C5(OCOC)CCC5)s4)c(Cl)cnc3n2S(=O)(=O)c2ccc(C)cc2)cn1. The van der Waals surface area contributed by atoms with Gasteiger partial charge >= 0.3 is 0 Å². The minimum absolute atomic E-state index is 0.154. The van der Waals surface area contributed by atoms with E-state index in [2.05, 4.69) is 16.7 Å². The van der Waals surface area contributed by atoms with Gasteiger partial charge in [-0.05, 0) is 44.4 Å². The zero-order chi connectivity index (χ0) is 28.8. The number of pyridine rings is 1. The molecule has 0 saturated heterocycles. The second-order valence-corrected chi connectivity index (χ2v) is 13.2. The molecule has 9 nitrogen and oxygen atoms in total. The van der Waals surface area contributed by atoms with Crippen LogP contribution in [0.3, 0.4) is 0 Å². The molecule has 1 aromatic carbocycles. The van der Waals surface area contributed by atoms with E-state index >= 15 is 0 Å². The summed E-state index contributed by atoms with van der Waals surface area (Å²) in [4.78, 5) is 10.2. The van der Waals surface area contributed by atoms with Gasteiger partial charge in [0.25, 0.3) is 10.0 Å². The number of hydrogen-bond donors (Lipinski definition) is 0. The van der Waals surface area contributed by atoms with E-state index in [1.807, 2.05) is 13.0 Å². The lowest BCUT2D eigenvalue weighted by Crippen LogP contribution is -2.37. The molecule has 0 N–H and O–H groups in total. The van der Waals surface area contributed by atoms with Crippen molar-refractivity contribution in [2.75, 3.05) is 13.9 Å². The molecule has 4 aromatic heterocycles. The standard InChI is InChI=1S/C29H28ClN5O4S2/c1-4-12-34-17-20(14-33-34)24-13-22-26(25-16-32-28(40-25)29(10-5-11-29)39-18-38-3)23(30)15-31-27(22)35(24)41(36,37)21-8-6-19(2)7-9-21/h4,6-9,13-17H,1,5,10-12,18H2,2-3H3. The first kappa shape index (κ1) is 27.8. The molecule has 1 saturated carbocycles. The first-order chi connectivity index (χ1) is 19.8. The smallest absolute Gasteiger partial charge is 0.269 e. The number of halogens is 1. The summed E-state index contributed by atoms with van der Waals surface area (Å²) in [6.07, 6.45) is 11.2. The average Bonchev–Trinajstić information content (AvgIpc) is 3.68. The van der Waals surface area contributed by atoms with Gasteiger partial charge in [-0.3, -0.25) is 4.68 Å². The molecule has 12 heteroatoms. The molecule has 0 bridgehead atoms. The maximum Gasteiger partial charge on any atom is 0.269 e. The van der Waals surface area contributed by atoms with Crippen molar-refractivity contribution in [3.63, 3.8) is 0 Å². The van der Waals surface area contributed by atoms with E-state index in [1.165, 1.54) is 21.5 Å². The second-order valence-electron chi connectivity index (χ2n) is 10.00. The molecule has 0 aliphatic heterocycles. The van der Waals surface area contributed by atoms with E-state index in [-0.39, 0.29) is 17.3 Å². The summed E-state index contributed by atoms with van der Waals surface area (Å²) in [6, 6.07) is 8.57. The fraction of sp³-hybridized carbons (Fsp3) is 0.276. The largest absolute Gasteiger partial charge is 0.359 e. The predicted octanol–water partition coefficient (Wildman–Crippen LogP) is 6.41. The first-order valence-corrected chi connectivity index (χ1v) is 15.7. The molecule has 0 amide bonds. The Labute approximate surface area is 247 Å². The predicted molar refractivity (Wildman–Crippen MR) is 160 cm³/mol. The van der Waals surface area contributed by atoms with Gasteiger partial charge in [0.2, 0.25) is 0 Å². The number of hydrogen-bond acceptors (Lipinski definition) is 8. The Morgan fingerprint density at radius 3 is 2.63 bits per heavy atom. The summed E-state index contributed by atoms with van der Waals surface area (Å²) in [6.45, 7) is 6.34. The number of aryl methyl sites for hydroxylation is 1. The molecular formula is C29H28ClN5O4S2. The first-order valence-electron chi connectivity index (χ1n) is 13.0. The fourth-order valence-electron chi connectivity index (χ4n) is 5.03. The van der Waals surface area contributed by atoms with Crippen LogP contribution in [0.4, 0.5) is 0 Å². The average molecular weight is 610 g/mol. The minimum atomic E-state index is -4.05. The van der Waals surface area contributed by atoms with Crippen LogP contribution in [0, 0.1) is 6.92 Å². The lowest BCUT2D eigenvalue weighted by atomic mass is 9.80. The van der Waals surface area contributed by atoms with Gasteiger partial charge in [-0.15, -0.1) is 17.9 Å². The van der Waals surface area contributed by atoms with Gasteiger partial charge in [-0.2, -0.15) is 5.10 Å². The molecular weight excluding hydrogens is 582 g/mol. The summed E-state index contributed by atoms with van der Waals surface area (Å²) in [5.41, 5.74) is 2.45. The van der Waals surface area contributed by atoms with Crippen molar-refractivity contribution in [3.8, 4) is 21.7 Å². The Hall–Kier alpha value is -3.35. The molecule has 1 aliphatic carbocycles. The van der Waals surface area contributed by atoms with Crippen molar-refractivity contribution in [1.29, 1.82) is 0 Å². The number of fused-ring (bicyclic) bond motifs is 1. The number of nitrogens with zero attached hydrogens (tertiary/aromatic N) is 5. The number of allylic oxidation sites excluding steroid dienone is 1. The molecule has 0 atom stereocenters. The number of ether oxygens (including phenoxy) is 2. The Morgan fingerprint density at radius 1 is 1.17 bits per heavy atom. The third-order valence-electron chi connectivity index (χ3n) is 7.30. The quantitative estimate of drug-likeness (QED) is 0.133. The summed E-state index contributed by atoms with van der Waals surface area (Å²) >= 11 is 8.26. The molecule has 6 rings (SSSR count). The molecule has 212 valence electrons. The highest BCUT2D eigenvalue weighted by atomic mass is 35.5. The van der Waals surface area contributed by atoms with Crippen molar-refractivity contribution in [2.45, 2.75) is 43.2 Å². The van der Waals surface area contributed by atoms with Crippen molar-refractivity contribution in [1.82, 2.24) is 23.7 Å². The molecule has 5 aromatic rings. The lowest BCUT2D eigenvalue weighted by molar-refractivity contribution is -0.171. The molecule has 41 heavy (non-hydrogen) atoms. The third-order valence-corrected chi connectivity index (χ3v) is 10.5. The number of rotatable bonds is 10. The van der Waals surface area contributed by atoms with Crippen molar-refractivity contribution >= 4 is 44.0 Å². The monoisotopic (exact) mass is 609 g/mol. The Balaban J connectivity index is 1.56. The summed E-state index contributed by atoms with van der Waals surface area (Å²) in [5.74, 6) is 0. The maximum absolute atomic E-state index is 14.2. The van der Waals surface area contributed by atoms with Crippen LogP contribution in [0.15, 0.2) is 72.7 Å². The van der Waals surface area contributed by atoms with Crippen LogP contribution < -0.4 is 0 Å². The Morgan fingerprint density at radius 2 is 1.95 bits per heavy atom. The Bertz CT molecular complexity index is 1850. The van der Waals surface area contributed by atoms with Gasteiger partial charge in [0.05, 0.1) is 33.2 Å². The van der Waals surface area contributed by atoms with Crippen LogP contribution >= 0.6 is 22.9 Å². The molecule has 4 heterocycles. The van der Waals surface area contributed by atoms with E-state index < -0.39 is 15.6 Å². The van der Waals surface area contributed by atoms with E-state index in [1.54, 1.807) is 60.7 Å². The van der Waals surface area contributed by atoms with Gasteiger partial charge in [-0.25, -0.2) is 22.4 Å². The summed E-state index contributed by atoms with van der Waals surface area (Å²) in [7, 11) is -2.45. The fourth-order valence-corrected chi connectivity index (χ4v) is 8.01.